The molecular formula is C29H31F2N5O2S. The Labute approximate surface area is 227 Å². The van der Waals surface area contributed by atoms with Crippen LogP contribution in [0.3, 0.4) is 0 Å². The smallest absolute Gasteiger partial charge is 0.237 e. The first-order valence-corrected chi connectivity index (χ1v) is 14.6. The maximum absolute atomic E-state index is 15.1. The molecule has 3 N–H and O–H groups in total. The number of alkyl halides is 1. The second-order valence-corrected chi connectivity index (χ2v) is 11.9. The quantitative estimate of drug-likeness (QED) is 0.263. The highest BCUT2D eigenvalue weighted by atomic mass is 32.2. The first-order chi connectivity index (χ1) is 18.7. The van der Waals surface area contributed by atoms with E-state index in [-0.39, 0.29) is 23.4 Å². The maximum Gasteiger partial charge on any atom is 0.237 e. The van der Waals surface area contributed by atoms with Gasteiger partial charge in [0, 0.05) is 37.1 Å². The predicted molar refractivity (Wildman–Crippen MR) is 152 cm³/mol. The largest absolute Gasteiger partial charge is 0.350 e. The van der Waals surface area contributed by atoms with Crippen molar-refractivity contribution in [1.82, 2.24) is 15.3 Å². The zero-order chi connectivity index (χ0) is 27.6. The monoisotopic (exact) mass is 551 g/mol. The summed E-state index contributed by atoms with van der Waals surface area (Å²) in [5.41, 5.74) is 3.62. The highest BCUT2D eigenvalue weighted by Gasteiger charge is 2.22. The standard InChI is InChI=1S/C29H31F2N5O2S/c1-18(2)25-11-21(10-22-14-33-29(35-28(22)25)34-24-13-23(30)15-32-16-24)20-8-9-27(26(31)12-20)36-39(37,38)17-19-6-4-3-5-7-19/h3-12,14,18,23-24,32,36H,13,15-17H2,1-2H3,(H,33,34,35)/t23-,24-/m0/s1. The number of aromatic nitrogens is 2. The van der Waals surface area contributed by atoms with Crippen LogP contribution in [0, 0.1) is 5.82 Å². The van der Waals surface area contributed by atoms with Gasteiger partial charge in [0.15, 0.2) is 0 Å². The Hall–Kier alpha value is -3.63. The third-order valence-corrected chi connectivity index (χ3v) is 7.98. The molecule has 0 aliphatic carbocycles. The average molecular weight is 552 g/mol. The van der Waals surface area contributed by atoms with Crippen LogP contribution in [0.4, 0.5) is 20.4 Å². The van der Waals surface area contributed by atoms with E-state index in [4.69, 9.17) is 4.98 Å². The summed E-state index contributed by atoms with van der Waals surface area (Å²) in [4.78, 5) is 9.18. The second kappa shape index (κ2) is 11.2. The second-order valence-electron chi connectivity index (χ2n) is 10.2. The highest BCUT2D eigenvalue weighted by molar-refractivity contribution is 7.91. The first-order valence-electron chi connectivity index (χ1n) is 12.9. The van der Waals surface area contributed by atoms with Gasteiger partial charge >= 0.3 is 0 Å². The molecule has 4 aromatic rings. The molecule has 7 nitrogen and oxygen atoms in total. The molecule has 0 spiro atoms. The van der Waals surface area contributed by atoms with Gasteiger partial charge in [-0.1, -0.05) is 50.2 Å². The molecule has 1 aliphatic heterocycles. The molecule has 204 valence electrons. The minimum Gasteiger partial charge on any atom is -0.350 e. The summed E-state index contributed by atoms with van der Waals surface area (Å²) in [6.45, 7) is 5.11. The van der Waals surface area contributed by atoms with Gasteiger partial charge in [-0.2, -0.15) is 0 Å². The normalized spacial score (nSPS) is 17.9. The number of fused-ring (bicyclic) bond motifs is 1. The predicted octanol–water partition coefficient (Wildman–Crippen LogP) is 5.61. The van der Waals surface area contributed by atoms with Gasteiger partial charge in [0.25, 0.3) is 0 Å². The van der Waals surface area contributed by atoms with Crippen LogP contribution < -0.4 is 15.4 Å². The molecule has 1 saturated heterocycles. The molecular weight excluding hydrogens is 520 g/mol. The van der Waals surface area contributed by atoms with E-state index in [2.05, 4.69) is 34.2 Å². The summed E-state index contributed by atoms with van der Waals surface area (Å²) >= 11 is 0. The lowest BCUT2D eigenvalue weighted by Gasteiger charge is -2.26. The molecule has 5 rings (SSSR count). The number of rotatable bonds is 8. The Balaban J connectivity index is 1.40. The third kappa shape index (κ3) is 6.51. The van der Waals surface area contributed by atoms with Crippen molar-refractivity contribution < 1.29 is 17.2 Å². The zero-order valence-electron chi connectivity index (χ0n) is 21.8. The number of hydrogen-bond donors (Lipinski definition) is 3. The van der Waals surface area contributed by atoms with Crippen molar-refractivity contribution in [2.45, 2.75) is 44.2 Å². The van der Waals surface area contributed by atoms with Gasteiger partial charge in [-0.05, 0) is 52.4 Å². The number of halogens is 2. The van der Waals surface area contributed by atoms with Crippen LogP contribution >= 0.6 is 0 Å². The van der Waals surface area contributed by atoms with Crippen molar-refractivity contribution in [3.8, 4) is 11.1 Å². The summed E-state index contributed by atoms with van der Waals surface area (Å²) in [5, 5.41) is 7.09. The van der Waals surface area contributed by atoms with Gasteiger partial charge in [-0.15, -0.1) is 0 Å². The minimum absolute atomic E-state index is 0.0976. The Morgan fingerprint density at radius 3 is 2.56 bits per heavy atom. The molecule has 39 heavy (non-hydrogen) atoms. The van der Waals surface area contributed by atoms with Crippen molar-refractivity contribution in [1.29, 1.82) is 0 Å². The van der Waals surface area contributed by atoms with Crippen LogP contribution in [0.2, 0.25) is 0 Å². The lowest BCUT2D eigenvalue weighted by Crippen LogP contribution is -2.44. The van der Waals surface area contributed by atoms with Crippen molar-refractivity contribution in [2.75, 3.05) is 23.1 Å². The Kier molecular flexibility index (Phi) is 7.76. The van der Waals surface area contributed by atoms with Crippen LogP contribution in [0.1, 0.15) is 37.3 Å². The fourth-order valence-electron chi connectivity index (χ4n) is 4.81. The molecule has 0 unspecified atom stereocenters. The number of nitrogens with one attached hydrogen (secondary N) is 3. The Morgan fingerprint density at radius 2 is 1.85 bits per heavy atom. The molecule has 0 amide bonds. The van der Waals surface area contributed by atoms with Gasteiger partial charge < -0.3 is 10.6 Å². The Bertz CT molecular complexity index is 1580. The summed E-state index contributed by atoms with van der Waals surface area (Å²) in [5.74, 6) is -0.356. The van der Waals surface area contributed by atoms with Gasteiger partial charge in [0.2, 0.25) is 16.0 Å². The molecule has 1 fully saturated rings. The lowest BCUT2D eigenvalue weighted by molar-refractivity contribution is 0.254. The van der Waals surface area contributed by atoms with Crippen molar-refractivity contribution in [3.63, 3.8) is 0 Å². The van der Waals surface area contributed by atoms with Gasteiger partial charge in [0.1, 0.15) is 12.0 Å². The SMILES string of the molecule is CC(C)c1cc(-c2ccc(NS(=O)(=O)Cc3ccccc3)c(F)c2)cc2cnc(N[C@@H]3CNC[C@@H](F)C3)nc12. The molecule has 2 heterocycles. The molecule has 0 saturated carbocycles. The summed E-state index contributed by atoms with van der Waals surface area (Å²) in [7, 11) is -3.79. The van der Waals surface area contributed by atoms with E-state index in [1.807, 2.05) is 12.1 Å². The van der Waals surface area contributed by atoms with Crippen LogP contribution in [0.15, 0.2) is 66.9 Å². The van der Waals surface area contributed by atoms with E-state index in [0.717, 1.165) is 22.0 Å². The summed E-state index contributed by atoms with van der Waals surface area (Å²) in [6, 6.07) is 16.9. The van der Waals surface area contributed by atoms with E-state index < -0.39 is 22.0 Å². The number of hydrogen-bond acceptors (Lipinski definition) is 6. The van der Waals surface area contributed by atoms with Gasteiger partial charge in [0.05, 0.1) is 17.0 Å². The Morgan fingerprint density at radius 1 is 1.05 bits per heavy atom. The van der Waals surface area contributed by atoms with Crippen molar-refractivity contribution in [2.24, 2.45) is 0 Å². The van der Waals surface area contributed by atoms with Crippen LogP contribution in [-0.4, -0.2) is 43.7 Å². The topological polar surface area (TPSA) is 96.0 Å². The number of piperidine rings is 1. The third-order valence-electron chi connectivity index (χ3n) is 6.73. The molecule has 1 aromatic heterocycles. The van der Waals surface area contributed by atoms with Crippen LogP contribution in [0.25, 0.3) is 22.0 Å². The molecule has 10 heteroatoms. The number of sulfonamides is 1. The zero-order valence-corrected chi connectivity index (χ0v) is 22.6. The number of nitrogens with zero attached hydrogens (tertiary/aromatic N) is 2. The van der Waals surface area contributed by atoms with E-state index in [1.54, 1.807) is 42.6 Å². The minimum atomic E-state index is -3.79. The van der Waals surface area contributed by atoms with Crippen LogP contribution in [-0.2, 0) is 15.8 Å². The molecule has 3 aromatic carbocycles. The average Bonchev–Trinajstić information content (AvgIpc) is 2.89. The first kappa shape index (κ1) is 27.0. The van der Waals surface area contributed by atoms with E-state index in [0.29, 0.717) is 36.6 Å². The van der Waals surface area contributed by atoms with E-state index >= 15 is 4.39 Å². The number of anilines is 2. The van der Waals surface area contributed by atoms with E-state index in [9.17, 15) is 12.8 Å². The molecule has 1 aliphatic rings. The van der Waals surface area contributed by atoms with Crippen molar-refractivity contribution >= 4 is 32.6 Å². The van der Waals surface area contributed by atoms with Crippen molar-refractivity contribution in [3.05, 3.63) is 83.8 Å². The maximum atomic E-state index is 15.1. The summed E-state index contributed by atoms with van der Waals surface area (Å²) < 4.78 is 56.4. The molecule has 2 atom stereocenters. The highest BCUT2D eigenvalue weighted by Crippen LogP contribution is 2.33. The van der Waals surface area contributed by atoms with Crippen LogP contribution in [0.5, 0.6) is 0 Å². The summed E-state index contributed by atoms with van der Waals surface area (Å²) in [6.07, 6.45) is 1.21. The molecule has 0 radical (unpaired) electrons. The fraction of sp³-hybridized carbons (Fsp3) is 0.310. The van der Waals surface area contributed by atoms with Gasteiger partial charge in [-0.3, -0.25) is 4.72 Å². The van der Waals surface area contributed by atoms with Gasteiger partial charge in [-0.25, -0.2) is 27.2 Å². The fourth-order valence-corrected chi connectivity index (χ4v) is 6.01. The molecule has 0 bridgehead atoms. The lowest BCUT2D eigenvalue weighted by atomic mass is 9.94. The van der Waals surface area contributed by atoms with E-state index in [1.165, 1.54) is 12.1 Å². The number of benzene rings is 3.